The van der Waals surface area contributed by atoms with Gasteiger partial charge in [0.1, 0.15) is 0 Å². The summed E-state index contributed by atoms with van der Waals surface area (Å²) in [6.45, 7) is 1.16. The number of hydrogen-bond acceptors (Lipinski definition) is 3. The molecule has 8 heavy (non-hydrogen) atoms. The Morgan fingerprint density at radius 2 is 2.25 bits per heavy atom. The van der Waals surface area contributed by atoms with Gasteiger partial charge < -0.3 is 14.2 Å². The van der Waals surface area contributed by atoms with Gasteiger partial charge in [0.25, 0.3) is 6.48 Å². The van der Waals surface area contributed by atoms with Gasteiger partial charge in [0, 0.05) is 0 Å². The van der Waals surface area contributed by atoms with E-state index in [1.54, 1.807) is 0 Å². The second-order valence-corrected chi connectivity index (χ2v) is 2.04. The first kappa shape index (κ1) is 4.73. The molecule has 3 nitrogen and oxygen atoms in total. The molecular formula is C5H8O3. The van der Waals surface area contributed by atoms with Gasteiger partial charge in [0.15, 0.2) is 0 Å². The zero-order valence-corrected chi connectivity index (χ0v) is 4.50. The molecule has 0 aromatic rings. The predicted molar refractivity (Wildman–Crippen MR) is 25.2 cm³/mol. The maximum Gasteiger partial charge on any atom is 0.272 e. The molecule has 2 heterocycles. The molecule has 0 spiro atoms. The van der Waals surface area contributed by atoms with Crippen LogP contribution in [0.4, 0.5) is 0 Å². The summed E-state index contributed by atoms with van der Waals surface area (Å²) in [6.07, 6.45) is 1.30. The van der Waals surface area contributed by atoms with Gasteiger partial charge in [0.05, 0.1) is 19.3 Å². The minimum atomic E-state index is -0.339. The lowest BCUT2D eigenvalue weighted by molar-refractivity contribution is -0.258. The Kier molecular flexibility index (Phi) is 0.997. The molecule has 0 radical (unpaired) electrons. The molecule has 3 heteroatoms. The molecule has 46 valence electrons. The summed E-state index contributed by atoms with van der Waals surface area (Å²) in [5.41, 5.74) is 0. The maximum atomic E-state index is 5.15. The van der Waals surface area contributed by atoms with E-state index in [9.17, 15) is 0 Å². The van der Waals surface area contributed by atoms with Crippen molar-refractivity contribution in [2.75, 3.05) is 13.2 Å². The SMILES string of the molecule is C1CC2COC(O1)O2. The van der Waals surface area contributed by atoms with Crippen LogP contribution in [0.3, 0.4) is 0 Å². The van der Waals surface area contributed by atoms with Crippen molar-refractivity contribution in [2.45, 2.75) is 19.0 Å². The number of fused-ring (bicyclic) bond motifs is 2. The van der Waals surface area contributed by atoms with Crippen molar-refractivity contribution in [3.8, 4) is 0 Å². The number of ether oxygens (including phenoxy) is 3. The zero-order chi connectivity index (χ0) is 5.40. The fourth-order valence-electron chi connectivity index (χ4n) is 0.956. The Morgan fingerprint density at radius 3 is 3.00 bits per heavy atom. The lowest BCUT2D eigenvalue weighted by Gasteiger charge is -2.16. The summed E-state index contributed by atoms with van der Waals surface area (Å²) in [6, 6.07) is 0. The van der Waals surface area contributed by atoms with E-state index in [0.717, 1.165) is 13.0 Å². The molecular weight excluding hydrogens is 108 g/mol. The fraction of sp³-hybridized carbons (Fsp3) is 1.00. The largest absolute Gasteiger partial charge is 0.330 e. The molecule has 2 rings (SSSR count). The highest BCUT2D eigenvalue weighted by Gasteiger charge is 2.30. The standard InChI is InChI=1S/C5H8O3/c1-2-6-5-7-3-4(1)8-5/h4-5H,1-3H2. The molecule has 0 aromatic heterocycles. The molecule has 2 atom stereocenters. The van der Waals surface area contributed by atoms with Crippen LogP contribution >= 0.6 is 0 Å². The van der Waals surface area contributed by atoms with Gasteiger partial charge in [-0.2, -0.15) is 0 Å². The average Bonchev–Trinajstić information content (AvgIpc) is 2.12. The lowest BCUT2D eigenvalue weighted by Crippen LogP contribution is -2.23. The molecule has 2 saturated heterocycles. The highest BCUT2D eigenvalue weighted by molar-refractivity contribution is 4.64. The van der Waals surface area contributed by atoms with Crippen LogP contribution in [0.25, 0.3) is 0 Å². The van der Waals surface area contributed by atoms with Crippen molar-refractivity contribution < 1.29 is 14.2 Å². The molecule has 0 aliphatic carbocycles. The molecule has 0 amide bonds. The zero-order valence-electron chi connectivity index (χ0n) is 4.50. The Labute approximate surface area is 47.5 Å². The summed E-state index contributed by atoms with van der Waals surface area (Å²) in [7, 11) is 0. The summed E-state index contributed by atoms with van der Waals surface area (Å²) in [4.78, 5) is 0. The molecule has 2 bridgehead atoms. The number of hydrogen-bond donors (Lipinski definition) is 0. The number of rotatable bonds is 0. The third kappa shape index (κ3) is 0.632. The second kappa shape index (κ2) is 1.69. The Hall–Kier alpha value is -0.120. The van der Waals surface area contributed by atoms with Crippen LogP contribution in [0, 0.1) is 0 Å². The van der Waals surface area contributed by atoms with Gasteiger partial charge >= 0.3 is 0 Å². The Bertz CT molecular complexity index is 79.7. The summed E-state index contributed by atoms with van der Waals surface area (Å²) >= 11 is 0. The van der Waals surface area contributed by atoms with Crippen molar-refractivity contribution in [1.82, 2.24) is 0 Å². The summed E-state index contributed by atoms with van der Waals surface area (Å²) < 4.78 is 15.2. The van der Waals surface area contributed by atoms with Crippen LogP contribution in [0.5, 0.6) is 0 Å². The van der Waals surface area contributed by atoms with Crippen LogP contribution in [0.15, 0.2) is 0 Å². The van der Waals surface area contributed by atoms with Crippen LogP contribution in [-0.2, 0) is 14.2 Å². The van der Waals surface area contributed by atoms with Gasteiger partial charge in [0.2, 0.25) is 0 Å². The van der Waals surface area contributed by atoms with Crippen molar-refractivity contribution >= 4 is 0 Å². The molecule has 0 N–H and O–H groups in total. The topological polar surface area (TPSA) is 27.7 Å². The third-order valence-electron chi connectivity index (χ3n) is 1.42. The fourth-order valence-corrected chi connectivity index (χ4v) is 0.956. The van der Waals surface area contributed by atoms with Crippen LogP contribution in [-0.4, -0.2) is 25.8 Å². The first-order valence-corrected chi connectivity index (χ1v) is 2.84. The summed E-state index contributed by atoms with van der Waals surface area (Å²) in [5, 5.41) is 0. The van der Waals surface area contributed by atoms with E-state index in [1.165, 1.54) is 0 Å². The van der Waals surface area contributed by atoms with E-state index >= 15 is 0 Å². The van der Waals surface area contributed by atoms with Crippen molar-refractivity contribution in [2.24, 2.45) is 0 Å². The van der Waals surface area contributed by atoms with E-state index in [4.69, 9.17) is 14.2 Å². The first-order chi connectivity index (χ1) is 3.95. The van der Waals surface area contributed by atoms with Gasteiger partial charge in [-0.15, -0.1) is 0 Å². The molecule has 0 aromatic carbocycles. The first-order valence-electron chi connectivity index (χ1n) is 2.84. The minimum Gasteiger partial charge on any atom is -0.330 e. The maximum absolute atomic E-state index is 5.15. The molecule has 0 saturated carbocycles. The van der Waals surface area contributed by atoms with E-state index in [1.807, 2.05) is 0 Å². The van der Waals surface area contributed by atoms with Gasteiger partial charge in [-0.25, -0.2) is 0 Å². The van der Waals surface area contributed by atoms with Crippen LogP contribution < -0.4 is 0 Å². The van der Waals surface area contributed by atoms with E-state index in [2.05, 4.69) is 0 Å². The second-order valence-electron chi connectivity index (χ2n) is 2.04. The van der Waals surface area contributed by atoms with Gasteiger partial charge in [-0.05, 0) is 6.42 Å². The predicted octanol–water partition coefficient (Wildman–Crippen LogP) is 0.106. The highest BCUT2D eigenvalue weighted by atomic mass is 16.9. The van der Waals surface area contributed by atoms with Crippen LogP contribution in [0.1, 0.15) is 6.42 Å². The summed E-state index contributed by atoms with van der Waals surface area (Å²) in [5.74, 6) is 0. The van der Waals surface area contributed by atoms with Crippen molar-refractivity contribution in [1.29, 1.82) is 0 Å². The highest BCUT2D eigenvalue weighted by Crippen LogP contribution is 2.20. The quantitative estimate of drug-likeness (QED) is 0.449. The normalized spacial score (nSPS) is 45.0. The third-order valence-corrected chi connectivity index (χ3v) is 1.42. The van der Waals surface area contributed by atoms with Crippen molar-refractivity contribution in [3.05, 3.63) is 0 Å². The van der Waals surface area contributed by atoms with Crippen LogP contribution in [0.2, 0.25) is 0 Å². The smallest absolute Gasteiger partial charge is 0.272 e. The minimum absolute atomic E-state index is 0.314. The van der Waals surface area contributed by atoms with Gasteiger partial charge in [-0.1, -0.05) is 0 Å². The lowest BCUT2D eigenvalue weighted by atomic mass is 10.3. The monoisotopic (exact) mass is 116 g/mol. The molecule has 2 fully saturated rings. The van der Waals surface area contributed by atoms with E-state index in [0.29, 0.717) is 12.7 Å². The average molecular weight is 116 g/mol. The Balaban J connectivity index is 2.03. The Morgan fingerprint density at radius 1 is 1.25 bits per heavy atom. The molecule has 2 aliphatic heterocycles. The van der Waals surface area contributed by atoms with Crippen molar-refractivity contribution in [3.63, 3.8) is 0 Å². The molecule has 2 aliphatic rings. The molecule has 2 unspecified atom stereocenters. The van der Waals surface area contributed by atoms with E-state index < -0.39 is 0 Å². The van der Waals surface area contributed by atoms with E-state index in [-0.39, 0.29) is 6.48 Å². The van der Waals surface area contributed by atoms with Gasteiger partial charge in [-0.3, -0.25) is 0 Å².